The van der Waals surface area contributed by atoms with Crippen LogP contribution in [0.4, 0.5) is 0 Å². The first-order chi connectivity index (χ1) is 38.8. The van der Waals surface area contributed by atoms with Crippen LogP contribution in [0.3, 0.4) is 0 Å². The van der Waals surface area contributed by atoms with Crippen LogP contribution in [0.2, 0.25) is 0 Å². The Labute approximate surface area is 503 Å². The fourth-order valence-electron chi connectivity index (χ4n) is 12.0. The second-order valence-corrected chi connectivity index (χ2v) is 28.6. The van der Waals surface area contributed by atoms with Crippen molar-refractivity contribution in [3.05, 3.63) is 41.5 Å². The first-order valence-electron chi connectivity index (χ1n) is 34.5. The highest BCUT2D eigenvalue weighted by Crippen LogP contribution is 2.41. The summed E-state index contributed by atoms with van der Waals surface area (Å²) in [6.07, 6.45) is 40.9. The molecule has 0 aliphatic rings. The van der Waals surface area contributed by atoms with E-state index in [1.54, 1.807) is 25.3 Å². The van der Waals surface area contributed by atoms with E-state index in [4.69, 9.17) is 23.7 Å². The Kier molecular flexibility index (Phi) is 41.7. The average Bonchev–Trinajstić information content (AvgIpc) is 3.41. The van der Waals surface area contributed by atoms with E-state index < -0.39 is 0 Å². The van der Waals surface area contributed by atoms with E-state index in [2.05, 4.69) is 116 Å². The molecule has 0 spiro atoms. The number of hydrogen-bond donors (Lipinski definition) is 0. The maximum atomic E-state index is 12.0. The van der Waals surface area contributed by atoms with Gasteiger partial charge in [-0.25, -0.2) is 0 Å². The minimum Gasteiger partial charge on any atom is -0.497 e. The Bertz CT molecular complexity index is 1750. The summed E-state index contributed by atoms with van der Waals surface area (Å²) in [5.41, 5.74) is 1.26. The van der Waals surface area contributed by atoms with Gasteiger partial charge in [0.1, 0.15) is 18.1 Å². The molecule has 0 amide bonds. The van der Waals surface area contributed by atoms with Crippen molar-refractivity contribution in [2.45, 2.75) is 303 Å². The number of rotatable bonds is 53. The van der Waals surface area contributed by atoms with Gasteiger partial charge in [0, 0.05) is 6.07 Å². The fraction of sp³-hybridized carbons (Fsp3) is 0.827. The Morgan fingerprint density at radius 3 is 0.901 bits per heavy atom. The standard InChI is InChI=1S/C75H133O6/c1-57(2)26-17-29-60(7)32-20-35-63(10)38-23-41-66(13)46-49-78-73-52-69(56-81-72-54-71(77-16)45-44-70(72)55-76)53-74(79-50-47-67(14)42-24-39-64(11)36-21-33-61(8)30-18-27-58(3)4)75(73)80-51-48-68(15)43-25-40-65(12)37-22-34-62(9)31-19-28-59(5)6/h44-45,52-54,57-68H,17-43,46-51,56H2,1-16H3/t60-,61-,62-,63-,64-,65-,66?,67?,68?/m1/s1. The lowest BCUT2D eigenvalue weighted by Gasteiger charge is -2.21. The van der Waals surface area contributed by atoms with Gasteiger partial charge < -0.3 is 23.7 Å². The summed E-state index contributed by atoms with van der Waals surface area (Å²) >= 11 is 0. The number of ether oxygens (including phenoxy) is 5. The third-order valence-corrected chi connectivity index (χ3v) is 18.2. The highest BCUT2D eigenvalue weighted by molar-refractivity contribution is 5.80. The summed E-state index contributed by atoms with van der Waals surface area (Å²) in [5.74, 6) is 12.2. The lowest BCUT2D eigenvalue weighted by Crippen LogP contribution is -2.11. The van der Waals surface area contributed by atoms with Gasteiger partial charge in [-0.15, -0.1) is 0 Å². The third kappa shape index (κ3) is 37.9. The third-order valence-electron chi connectivity index (χ3n) is 18.2. The molecule has 0 aliphatic carbocycles. The van der Waals surface area contributed by atoms with Crippen LogP contribution in [0.25, 0.3) is 0 Å². The topological polar surface area (TPSA) is 63.2 Å². The fourth-order valence-corrected chi connectivity index (χ4v) is 12.0. The van der Waals surface area contributed by atoms with Crippen molar-refractivity contribution >= 4 is 6.29 Å². The molecule has 0 saturated carbocycles. The van der Waals surface area contributed by atoms with Gasteiger partial charge in [-0.2, -0.15) is 0 Å². The van der Waals surface area contributed by atoms with E-state index in [-0.39, 0.29) is 6.61 Å². The molecular formula is C75H133O6. The Balaban J connectivity index is 2.18. The summed E-state index contributed by atoms with van der Waals surface area (Å²) in [7, 11) is 1.62. The molecule has 9 atom stereocenters. The van der Waals surface area contributed by atoms with Crippen molar-refractivity contribution in [2.24, 2.45) is 71.0 Å². The number of carbonyl (C=O) groups excluding carboxylic acids is 1. The summed E-state index contributed by atoms with van der Waals surface area (Å²) in [4.78, 5) is 12.0. The van der Waals surface area contributed by atoms with Gasteiger partial charge in [0.15, 0.2) is 11.5 Å². The summed E-state index contributed by atoms with van der Waals surface area (Å²) < 4.78 is 32.3. The Morgan fingerprint density at radius 2 is 0.617 bits per heavy atom. The van der Waals surface area contributed by atoms with Gasteiger partial charge in [0.25, 0.3) is 0 Å². The van der Waals surface area contributed by atoms with Crippen molar-refractivity contribution in [1.82, 2.24) is 0 Å². The number of methoxy groups -OCH3 is 1. The van der Waals surface area contributed by atoms with E-state index in [1.165, 1.54) is 173 Å². The van der Waals surface area contributed by atoms with Crippen LogP contribution in [-0.4, -0.2) is 33.2 Å². The average molecular weight is 1130 g/mol. The Hall–Kier alpha value is -2.89. The van der Waals surface area contributed by atoms with Crippen LogP contribution in [-0.2, 0) is 11.4 Å². The molecule has 469 valence electrons. The minimum absolute atomic E-state index is 0.221. The predicted molar refractivity (Wildman–Crippen MR) is 351 cm³/mol. The molecule has 0 N–H and O–H groups in total. The van der Waals surface area contributed by atoms with Crippen LogP contribution in [0, 0.1) is 71.0 Å². The van der Waals surface area contributed by atoms with Crippen LogP contribution >= 0.6 is 0 Å². The van der Waals surface area contributed by atoms with Gasteiger partial charge in [-0.3, -0.25) is 4.79 Å². The maximum Gasteiger partial charge on any atom is 0.237 e. The zero-order valence-electron chi connectivity index (χ0n) is 56.3. The molecular weight excluding hydrogens is 997 g/mol. The highest BCUT2D eigenvalue weighted by atomic mass is 16.5. The smallest absolute Gasteiger partial charge is 0.237 e. The number of benzene rings is 2. The number of hydrogen-bond acceptors (Lipinski definition) is 6. The highest BCUT2D eigenvalue weighted by Gasteiger charge is 2.20. The molecule has 0 saturated heterocycles. The first kappa shape index (κ1) is 74.2. The largest absolute Gasteiger partial charge is 0.497 e. The lowest BCUT2D eigenvalue weighted by atomic mass is 9.91. The molecule has 2 aromatic carbocycles. The molecule has 6 heteroatoms. The molecule has 3 unspecified atom stereocenters. The second-order valence-electron chi connectivity index (χ2n) is 28.6. The molecule has 1 radical (unpaired) electrons. The van der Waals surface area contributed by atoms with Crippen molar-refractivity contribution in [2.75, 3.05) is 26.9 Å². The molecule has 0 bridgehead atoms. The van der Waals surface area contributed by atoms with E-state index >= 15 is 0 Å². The lowest BCUT2D eigenvalue weighted by molar-refractivity contribution is 0.214. The Morgan fingerprint density at radius 1 is 0.333 bits per heavy atom. The first-order valence-corrected chi connectivity index (χ1v) is 34.5. The zero-order valence-corrected chi connectivity index (χ0v) is 56.3. The SMILES string of the molecule is COc1ccc([C]=O)c(OCc2cc(OCCC(C)CCC[C@H](C)CCC[C@H](C)CCCC(C)C)c(OCCC(C)CCC[C@H](C)CCC[C@H](C)CCCC(C)C)c(OCCC(C)CCC[C@H](C)CCC[C@H](C)CCCC(C)C)c2)c1. The normalized spacial score (nSPS) is 15.3. The quantitative estimate of drug-likeness (QED) is 0.0658. The summed E-state index contributed by atoms with van der Waals surface area (Å²) in [6, 6.07) is 9.34. The van der Waals surface area contributed by atoms with Gasteiger partial charge in [0.05, 0.1) is 32.5 Å². The zero-order chi connectivity index (χ0) is 59.8. The molecule has 6 nitrogen and oxygen atoms in total. The molecule has 2 aromatic rings. The molecule has 0 aliphatic heterocycles. The van der Waals surface area contributed by atoms with E-state index in [0.29, 0.717) is 71.9 Å². The van der Waals surface area contributed by atoms with Gasteiger partial charge in [-0.1, -0.05) is 277 Å². The minimum atomic E-state index is 0.221. The second kappa shape index (κ2) is 45.5. The van der Waals surface area contributed by atoms with Crippen molar-refractivity contribution in [3.8, 4) is 28.7 Å². The van der Waals surface area contributed by atoms with E-state index in [0.717, 1.165) is 78.1 Å². The van der Waals surface area contributed by atoms with Crippen molar-refractivity contribution in [1.29, 1.82) is 0 Å². The summed E-state index contributed by atoms with van der Waals surface area (Å²) in [5, 5.41) is 0. The monoisotopic (exact) mass is 1130 g/mol. The molecule has 2 rings (SSSR count). The van der Waals surface area contributed by atoms with E-state index in [9.17, 15) is 4.79 Å². The molecule has 0 fully saturated rings. The van der Waals surface area contributed by atoms with E-state index in [1.807, 2.05) is 6.29 Å². The van der Waals surface area contributed by atoms with Crippen molar-refractivity contribution < 1.29 is 28.5 Å². The van der Waals surface area contributed by atoms with Crippen molar-refractivity contribution in [3.63, 3.8) is 0 Å². The van der Waals surface area contributed by atoms with Crippen LogP contribution in [0.1, 0.15) is 308 Å². The van der Waals surface area contributed by atoms with Crippen LogP contribution in [0.15, 0.2) is 30.3 Å². The van der Waals surface area contributed by atoms with Crippen LogP contribution in [0.5, 0.6) is 28.7 Å². The molecule has 0 aromatic heterocycles. The molecule has 81 heavy (non-hydrogen) atoms. The van der Waals surface area contributed by atoms with Gasteiger partial charge in [-0.05, 0) is 120 Å². The van der Waals surface area contributed by atoms with Gasteiger partial charge in [0.2, 0.25) is 12.0 Å². The molecule has 0 heterocycles. The van der Waals surface area contributed by atoms with Crippen LogP contribution < -0.4 is 23.7 Å². The summed E-state index contributed by atoms with van der Waals surface area (Å²) in [6.45, 7) is 38.0. The maximum absolute atomic E-state index is 12.0. The van der Waals surface area contributed by atoms with Gasteiger partial charge >= 0.3 is 0 Å². The predicted octanol–water partition coefficient (Wildman–Crippen LogP) is 23.3.